The van der Waals surface area contributed by atoms with Crippen molar-refractivity contribution in [3.05, 3.63) is 0 Å². The number of rotatable bonds is 7. The zero-order valence-electron chi connectivity index (χ0n) is 9.52. The number of methoxy groups -OCH3 is 1. The van der Waals surface area contributed by atoms with Crippen molar-refractivity contribution in [2.75, 3.05) is 20.3 Å². The first-order valence-corrected chi connectivity index (χ1v) is 4.90. The molecule has 1 atom stereocenters. The van der Waals surface area contributed by atoms with Gasteiger partial charge in [0.1, 0.15) is 6.61 Å². The van der Waals surface area contributed by atoms with E-state index in [1.807, 2.05) is 0 Å². The van der Waals surface area contributed by atoms with Gasteiger partial charge in [0.05, 0.1) is 19.4 Å². The SMILES string of the molecule is C#CC(C)OC(=O)CCC(=O)OCCOC. The van der Waals surface area contributed by atoms with E-state index in [0.29, 0.717) is 6.61 Å². The van der Waals surface area contributed by atoms with Crippen LogP contribution in [0.15, 0.2) is 0 Å². The molecule has 0 heterocycles. The van der Waals surface area contributed by atoms with Crippen LogP contribution in [0, 0.1) is 12.3 Å². The van der Waals surface area contributed by atoms with Crippen LogP contribution < -0.4 is 0 Å². The number of terminal acetylenes is 1. The summed E-state index contributed by atoms with van der Waals surface area (Å²) < 4.78 is 14.2. The third-order valence-corrected chi connectivity index (χ3v) is 1.63. The maximum absolute atomic E-state index is 11.1. The van der Waals surface area contributed by atoms with Crippen LogP contribution in [0.3, 0.4) is 0 Å². The van der Waals surface area contributed by atoms with Crippen LogP contribution in [0.2, 0.25) is 0 Å². The smallest absolute Gasteiger partial charge is 0.307 e. The van der Waals surface area contributed by atoms with Gasteiger partial charge in [0.2, 0.25) is 0 Å². The van der Waals surface area contributed by atoms with E-state index in [2.05, 4.69) is 5.92 Å². The van der Waals surface area contributed by atoms with Gasteiger partial charge < -0.3 is 14.2 Å². The maximum atomic E-state index is 11.1. The molecular formula is C11H16O5. The van der Waals surface area contributed by atoms with E-state index < -0.39 is 18.0 Å². The van der Waals surface area contributed by atoms with Crippen molar-refractivity contribution in [1.82, 2.24) is 0 Å². The third kappa shape index (κ3) is 7.83. The van der Waals surface area contributed by atoms with Gasteiger partial charge >= 0.3 is 11.9 Å². The number of hydrogen-bond donors (Lipinski definition) is 0. The Labute approximate surface area is 95.1 Å². The summed E-state index contributed by atoms with van der Waals surface area (Å²) >= 11 is 0. The molecular weight excluding hydrogens is 212 g/mol. The normalized spacial score (nSPS) is 11.3. The van der Waals surface area contributed by atoms with Gasteiger partial charge in [-0.3, -0.25) is 9.59 Å². The van der Waals surface area contributed by atoms with E-state index in [0.717, 1.165) is 0 Å². The van der Waals surface area contributed by atoms with Crippen LogP contribution >= 0.6 is 0 Å². The molecule has 0 bridgehead atoms. The minimum Gasteiger partial charge on any atom is -0.463 e. The molecule has 0 rings (SSSR count). The topological polar surface area (TPSA) is 61.8 Å². The predicted octanol–water partition coefficient (Wildman–Crippen LogP) is 0.521. The van der Waals surface area contributed by atoms with E-state index >= 15 is 0 Å². The van der Waals surface area contributed by atoms with E-state index in [1.54, 1.807) is 6.92 Å². The number of carbonyl (C=O) groups is 2. The number of hydrogen-bond acceptors (Lipinski definition) is 5. The fraction of sp³-hybridized carbons (Fsp3) is 0.636. The molecule has 0 saturated carbocycles. The Morgan fingerprint density at radius 2 is 1.88 bits per heavy atom. The minimum atomic E-state index is -0.572. The van der Waals surface area contributed by atoms with E-state index in [9.17, 15) is 9.59 Å². The van der Waals surface area contributed by atoms with Crippen LogP contribution in [-0.2, 0) is 23.8 Å². The molecule has 0 aliphatic carbocycles. The molecule has 0 aliphatic rings. The van der Waals surface area contributed by atoms with Gasteiger partial charge in [0, 0.05) is 7.11 Å². The van der Waals surface area contributed by atoms with E-state index in [1.165, 1.54) is 7.11 Å². The second-order valence-corrected chi connectivity index (χ2v) is 3.01. The Hall–Kier alpha value is -1.54. The standard InChI is InChI=1S/C11H16O5/c1-4-9(2)16-11(13)6-5-10(12)15-8-7-14-3/h1,9H,5-8H2,2-3H3. The molecule has 0 aromatic rings. The molecule has 0 saturated heterocycles. The highest BCUT2D eigenvalue weighted by Gasteiger charge is 2.10. The van der Waals surface area contributed by atoms with Crippen molar-refractivity contribution in [3.8, 4) is 12.3 Å². The number of ether oxygens (including phenoxy) is 3. The zero-order chi connectivity index (χ0) is 12.4. The molecule has 0 spiro atoms. The fourth-order valence-corrected chi connectivity index (χ4v) is 0.805. The predicted molar refractivity (Wildman–Crippen MR) is 56.5 cm³/mol. The van der Waals surface area contributed by atoms with Gasteiger partial charge in [-0.15, -0.1) is 6.42 Å². The van der Waals surface area contributed by atoms with E-state index in [-0.39, 0.29) is 19.4 Å². The first-order chi connectivity index (χ1) is 7.60. The van der Waals surface area contributed by atoms with Gasteiger partial charge in [-0.1, -0.05) is 5.92 Å². The first-order valence-electron chi connectivity index (χ1n) is 4.90. The molecule has 0 radical (unpaired) electrons. The average Bonchev–Trinajstić information content (AvgIpc) is 2.26. The largest absolute Gasteiger partial charge is 0.463 e. The Bertz CT molecular complexity index is 266. The van der Waals surface area contributed by atoms with Crippen molar-refractivity contribution >= 4 is 11.9 Å². The van der Waals surface area contributed by atoms with Crippen molar-refractivity contribution in [2.24, 2.45) is 0 Å². The summed E-state index contributed by atoms with van der Waals surface area (Å²) in [5.41, 5.74) is 0. The summed E-state index contributed by atoms with van der Waals surface area (Å²) in [6.45, 7) is 2.10. The van der Waals surface area contributed by atoms with Crippen molar-refractivity contribution in [1.29, 1.82) is 0 Å². The summed E-state index contributed by atoms with van der Waals surface area (Å²) in [6, 6.07) is 0. The third-order valence-electron chi connectivity index (χ3n) is 1.63. The van der Waals surface area contributed by atoms with E-state index in [4.69, 9.17) is 20.6 Å². The molecule has 5 heteroatoms. The highest BCUT2D eigenvalue weighted by molar-refractivity contribution is 5.77. The fourth-order valence-electron chi connectivity index (χ4n) is 0.805. The number of esters is 2. The second-order valence-electron chi connectivity index (χ2n) is 3.01. The summed E-state index contributed by atoms with van der Waals surface area (Å²) in [4.78, 5) is 22.1. The van der Waals surface area contributed by atoms with Crippen LogP contribution in [0.5, 0.6) is 0 Å². The lowest BCUT2D eigenvalue weighted by Crippen LogP contribution is -2.15. The van der Waals surface area contributed by atoms with Crippen LogP contribution in [0.4, 0.5) is 0 Å². The van der Waals surface area contributed by atoms with Crippen LogP contribution in [-0.4, -0.2) is 38.4 Å². The lowest BCUT2D eigenvalue weighted by molar-refractivity contribution is -0.152. The van der Waals surface area contributed by atoms with Crippen LogP contribution in [0.1, 0.15) is 19.8 Å². The summed E-state index contributed by atoms with van der Waals surface area (Å²) in [5, 5.41) is 0. The van der Waals surface area contributed by atoms with Gasteiger partial charge in [0.15, 0.2) is 6.10 Å². The van der Waals surface area contributed by atoms with Gasteiger partial charge in [-0.25, -0.2) is 0 Å². The number of carbonyl (C=O) groups excluding carboxylic acids is 2. The first kappa shape index (κ1) is 14.5. The molecule has 1 unspecified atom stereocenters. The summed E-state index contributed by atoms with van der Waals surface area (Å²) in [7, 11) is 1.51. The van der Waals surface area contributed by atoms with Crippen molar-refractivity contribution in [2.45, 2.75) is 25.9 Å². The minimum absolute atomic E-state index is 0.0140. The molecule has 5 nitrogen and oxygen atoms in total. The van der Waals surface area contributed by atoms with Gasteiger partial charge in [-0.2, -0.15) is 0 Å². The zero-order valence-corrected chi connectivity index (χ0v) is 9.52. The quantitative estimate of drug-likeness (QED) is 0.361. The van der Waals surface area contributed by atoms with Crippen molar-refractivity contribution in [3.63, 3.8) is 0 Å². The van der Waals surface area contributed by atoms with Gasteiger partial charge in [-0.05, 0) is 6.92 Å². The molecule has 0 N–H and O–H groups in total. The Morgan fingerprint density at radius 3 is 2.44 bits per heavy atom. The van der Waals surface area contributed by atoms with Gasteiger partial charge in [0.25, 0.3) is 0 Å². The Kier molecular flexibility index (Phi) is 7.90. The molecule has 0 aromatic heterocycles. The molecule has 0 fully saturated rings. The molecule has 0 aromatic carbocycles. The average molecular weight is 228 g/mol. The molecule has 0 aliphatic heterocycles. The summed E-state index contributed by atoms with van der Waals surface area (Å²) in [6.07, 6.45) is 4.41. The molecule has 0 amide bonds. The molecule has 90 valence electrons. The Morgan fingerprint density at radius 1 is 1.25 bits per heavy atom. The maximum Gasteiger partial charge on any atom is 0.307 e. The lowest BCUT2D eigenvalue weighted by Gasteiger charge is -2.07. The monoisotopic (exact) mass is 228 g/mol. The highest BCUT2D eigenvalue weighted by atomic mass is 16.6. The molecule has 16 heavy (non-hydrogen) atoms. The Balaban J connectivity index is 3.60. The summed E-state index contributed by atoms with van der Waals surface area (Å²) in [5.74, 6) is 1.29. The van der Waals surface area contributed by atoms with Crippen molar-refractivity contribution < 1.29 is 23.8 Å². The lowest BCUT2D eigenvalue weighted by atomic mass is 10.3. The second kappa shape index (κ2) is 8.74. The highest BCUT2D eigenvalue weighted by Crippen LogP contribution is 1.98. The van der Waals surface area contributed by atoms with Crippen LogP contribution in [0.25, 0.3) is 0 Å².